The molecular formula is C15H17NO2S. The molecule has 0 aliphatic carbocycles. The van der Waals surface area contributed by atoms with Gasteiger partial charge in [0.2, 0.25) is 0 Å². The predicted molar refractivity (Wildman–Crippen MR) is 79.3 cm³/mol. The minimum Gasteiger partial charge on any atom is -0.477 e. The molecule has 0 fully saturated rings. The van der Waals surface area contributed by atoms with Crippen LogP contribution in [0.15, 0.2) is 30.3 Å². The van der Waals surface area contributed by atoms with Gasteiger partial charge in [-0.3, -0.25) is 0 Å². The third kappa shape index (κ3) is 3.35. The maximum atomic E-state index is 10.9. The van der Waals surface area contributed by atoms with Gasteiger partial charge in [0, 0.05) is 17.6 Å². The van der Waals surface area contributed by atoms with Crippen LogP contribution in [0.25, 0.3) is 0 Å². The number of benzene rings is 1. The van der Waals surface area contributed by atoms with E-state index < -0.39 is 5.97 Å². The summed E-state index contributed by atoms with van der Waals surface area (Å²) in [5.74, 6) is -0.856. The van der Waals surface area contributed by atoms with E-state index in [1.54, 1.807) is 6.07 Å². The van der Waals surface area contributed by atoms with Crippen molar-refractivity contribution in [3.8, 4) is 0 Å². The third-order valence-corrected chi connectivity index (χ3v) is 3.97. The summed E-state index contributed by atoms with van der Waals surface area (Å²) in [6, 6.07) is 9.97. The minimum atomic E-state index is -0.856. The van der Waals surface area contributed by atoms with Crippen molar-refractivity contribution in [3.63, 3.8) is 0 Å². The Hall–Kier alpha value is -1.81. The summed E-state index contributed by atoms with van der Waals surface area (Å²) in [4.78, 5) is 14.4. The van der Waals surface area contributed by atoms with Crippen molar-refractivity contribution in [2.24, 2.45) is 0 Å². The van der Waals surface area contributed by atoms with E-state index in [1.807, 2.05) is 13.1 Å². The summed E-state index contributed by atoms with van der Waals surface area (Å²) in [6.07, 6.45) is 0. The summed E-state index contributed by atoms with van der Waals surface area (Å²) in [6.45, 7) is 4.89. The van der Waals surface area contributed by atoms with E-state index in [4.69, 9.17) is 5.11 Å². The number of rotatable bonds is 4. The maximum absolute atomic E-state index is 10.9. The molecule has 19 heavy (non-hydrogen) atoms. The van der Waals surface area contributed by atoms with Gasteiger partial charge >= 0.3 is 5.97 Å². The maximum Gasteiger partial charge on any atom is 0.345 e. The Kier molecular flexibility index (Phi) is 3.90. The lowest BCUT2D eigenvalue weighted by atomic mass is 10.1. The van der Waals surface area contributed by atoms with E-state index >= 15 is 0 Å². The van der Waals surface area contributed by atoms with E-state index in [0.29, 0.717) is 4.88 Å². The monoisotopic (exact) mass is 275 g/mol. The summed E-state index contributed by atoms with van der Waals surface area (Å²) < 4.78 is 0. The van der Waals surface area contributed by atoms with Crippen molar-refractivity contribution >= 4 is 23.0 Å². The van der Waals surface area contributed by atoms with Gasteiger partial charge in [-0.05, 0) is 49.2 Å². The number of hydrogen-bond donors (Lipinski definition) is 1. The number of aryl methyl sites for hydroxylation is 2. The molecule has 1 aromatic carbocycles. The first-order valence-corrected chi connectivity index (χ1v) is 6.89. The predicted octanol–water partition coefficient (Wildman–Crippen LogP) is 3.70. The highest BCUT2D eigenvalue weighted by atomic mass is 32.1. The van der Waals surface area contributed by atoms with Crippen molar-refractivity contribution in [1.82, 2.24) is 0 Å². The molecule has 0 radical (unpaired) electrons. The first-order chi connectivity index (χ1) is 8.95. The molecule has 100 valence electrons. The fourth-order valence-electron chi connectivity index (χ4n) is 2.07. The minimum absolute atomic E-state index is 0.392. The van der Waals surface area contributed by atoms with Crippen LogP contribution in [0.1, 0.15) is 25.7 Å². The second-order valence-corrected chi connectivity index (χ2v) is 5.94. The Balaban J connectivity index is 2.15. The van der Waals surface area contributed by atoms with Crippen molar-refractivity contribution in [2.45, 2.75) is 20.4 Å². The van der Waals surface area contributed by atoms with Gasteiger partial charge in [0.25, 0.3) is 0 Å². The number of hydrogen-bond acceptors (Lipinski definition) is 3. The molecule has 3 nitrogen and oxygen atoms in total. The number of thiophene rings is 1. The topological polar surface area (TPSA) is 40.5 Å². The Morgan fingerprint density at radius 1 is 1.21 bits per heavy atom. The van der Waals surface area contributed by atoms with Gasteiger partial charge < -0.3 is 10.0 Å². The van der Waals surface area contributed by atoms with Crippen LogP contribution in [0, 0.1) is 13.8 Å². The van der Waals surface area contributed by atoms with Crippen LogP contribution in [0.2, 0.25) is 0 Å². The van der Waals surface area contributed by atoms with Crippen LogP contribution < -0.4 is 4.90 Å². The van der Waals surface area contributed by atoms with Crippen LogP contribution in [-0.4, -0.2) is 18.1 Å². The number of aromatic carboxylic acids is 1. The molecule has 0 unspecified atom stereocenters. The quantitative estimate of drug-likeness (QED) is 0.925. The first kappa shape index (κ1) is 13.6. The smallest absolute Gasteiger partial charge is 0.345 e. The average Bonchev–Trinajstić information content (AvgIpc) is 2.76. The number of carboxylic acids is 1. The lowest BCUT2D eigenvalue weighted by Gasteiger charge is -2.19. The normalized spacial score (nSPS) is 10.5. The molecule has 1 heterocycles. The molecule has 2 rings (SSSR count). The van der Waals surface area contributed by atoms with E-state index in [2.05, 4.69) is 36.9 Å². The molecular weight excluding hydrogens is 258 g/mol. The number of carbonyl (C=O) groups is 1. The van der Waals surface area contributed by atoms with Crippen LogP contribution in [-0.2, 0) is 6.54 Å². The summed E-state index contributed by atoms with van der Waals surface area (Å²) in [5, 5.41) is 8.92. The average molecular weight is 275 g/mol. The van der Waals surface area contributed by atoms with Crippen molar-refractivity contribution in [1.29, 1.82) is 0 Å². The SMILES string of the molecule is Cc1cc(C)cc(N(C)Cc2ccc(C(=O)O)s2)c1. The van der Waals surface area contributed by atoms with Crippen LogP contribution in [0.3, 0.4) is 0 Å². The molecule has 0 atom stereocenters. The molecule has 0 saturated carbocycles. The van der Waals surface area contributed by atoms with E-state index in [1.165, 1.54) is 22.5 Å². The van der Waals surface area contributed by atoms with E-state index in [9.17, 15) is 4.79 Å². The first-order valence-electron chi connectivity index (χ1n) is 6.07. The summed E-state index contributed by atoms with van der Waals surface area (Å²) in [5.41, 5.74) is 3.63. The Labute approximate surface area is 117 Å². The van der Waals surface area contributed by atoms with E-state index in [0.717, 1.165) is 17.1 Å². The van der Waals surface area contributed by atoms with Gasteiger partial charge in [0.15, 0.2) is 0 Å². The highest BCUT2D eigenvalue weighted by Crippen LogP contribution is 2.23. The molecule has 4 heteroatoms. The van der Waals surface area contributed by atoms with Crippen LogP contribution in [0.4, 0.5) is 5.69 Å². The van der Waals surface area contributed by atoms with Gasteiger partial charge in [-0.1, -0.05) is 6.07 Å². The lowest BCUT2D eigenvalue weighted by Crippen LogP contribution is -2.15. The molecule has 1 aromatic heterocycles. The fourth-order valence-corrected chi connectivity index (χ4v) is 2.97. The molecule has 0 saturated heterocycles. The molecule has 0 bridgehead atoms. The Bertz CT molecular complexity index is 584. The lowest BCUT2D eigenvalue weighted by molar-refractivity contribution is 0.0702. The zero-order valence-electron chi connectivity index (χ0n) is 11.3. The molecule has 2 aromatic rings. The van der Waals surface area contributed by atoms with Gasteiger partial charge in [-0.15, -0.1) is 11.3 Å². The molecule has 0 amide bonds. The number of anilines is 1. The molecule has 0 aliphatic rings. The fraction of sp³-hybridized carbons (Fsp3) is 0.267. The number of nitrogens with zero attached hydrogens (tertiary/aromatic N) is 1. The zero-order valence-corrected chi connectivity index (χ0v) is 12.1. The molecule has 1 N–H and O–H groups in total. The standard InChI is InChI=1S/C15H17NO2S/c1-10-6-11(2)8-12(7-10)16(3)9-13-4-5-14(19-13)15(17)18/h4-8H,9H2,1-3H3,(H,17,18). The van der Waals surface area contributed by atoms with Crippen LogP contribution in [0.5, 0.6) is 0 Å². The van der Waals surface area contributed by atoms with Crippen molar-refractivity contribution in [2.75, 3.05) is 11.9 Å². The highest BCUT2D eigenvalue weighted by Gasteiger charge is 2.09. The molecule has 0 aliphatic heterocycles. The third-order valence-electron chi connectivity index (χ3n) is 2.91. The summed E-state index contributed by atoms with van der Waals surface area (Å²) in [7, 11) is 2.02. The van der Waals surface area contributed by atoms with Crippen LogP contribution >= 0.6 is 11.3 Å². The van der Waals surface area contributed by atoms with Crippen molar-refractivity contribution < 1.29 is 9.90 Å². The zero-order chi connectivity index (χ0) is 14.0. The van der Waals surface area contributed by atoms with Gasteiger partial charge in [-0.2, -0.15) is 0 Å². The Morgan fingerprint density at radius 2 is 1.84 bits per heavy atom. The molecule has 0 spiro atoms. The number of carboxylic acid groups (broad SMARTS) is 1. The second kappa shape index (κ2) is 5.45. The largest absolute Gasteiger partial charge is 0.477 e. The summed E-state index contributed by atoms with van der Waals surface area (Å²) >= 11 is 1.33. The highest BCUT2D eigenvalue weighted by molar-refractivity contribution is 7.13. The van der Waals surface area contributed by atoms with Crippen molar-refractivity contribution in [3.05, 3.63) is 51.2 Å². The van der Waals surface area contributed by atoms with Gasteiger partial charge in [-0.25, -0.2) is 4.79 Å². The van der Waals surface area contributed by atoms with E-state index in [-0.39, 0.29) is 0 Å². The van der Waals surface area contributed by atoms with Gasteiger partial charge in [0.05, 0.1) is 6.54 Å². The Morgan fingerprint density at radius 3 is 2.37 bits per heavy atom. The van der Waals surface area contributed by atoms with Gasteiger partial charge in [0.1, 0.15) is 4.88 Å². The second-order valence-electron chi connectivity index (χ2n) is 4.77.